The Morgan fingerprint density at radius 2 is 1.90 bits per heavy atom. The molecule has 2 nitrogen and oxygen atoms in total. The van der Waals surface area contributed by atoms with Crippen LogP contribution in [0.1, 0.15) is 43.0 Å². The summed E-state index contributed by atoms with van der Waals surface area (Å²) < 4.78 is -0.937. The number of hydrogen-bond donors (Lipinski definition) is 1. The van der Waals surface area contributed by atoms with Crippen LogP contribution in [0.5, 0.6) is 0 Å². The van der Waals surface area contributed by atoms with E-state index in [1.165, 1.54) is 0 Å². The fraction of sp³-hybridized carbons (Fsp3) is 0.533. The number of hydrogen-bond acceptors (Lipinski definition) is 1. The highest BCUT2D eigenvalue weighted by Crippen LogP contribution is 2.52. The molecule has 0 saturated heterocycles. The molecule has 2 N–H and O–H groups in total. The van der Waals surface area contributed by atoms with Crippen molar-refractivity contribution in [1.82, 2.24) is 0 Å². The van der Waals surface area contributed by atoms with Gasteiger partial charge in [0.2, 0.25) is 5.91 Å². The molecule has 1 aliphatic rings. The van der Waals surface area contributed by atoms with Crippen LogP contribution in [-0.4, -0.2) is 10.2 Å². The summed E-state index contributed by atoms with van der Waals surface area (Å²) in [6.07, 6.45) is 3.28. The number of alkyl halides is 3. The summed E-state index contributed by atoms with van der Waals surface area (Å²) in [5.74, 6) is -0.243. The zero-order valence-corrected chi connectivity index (χ0v) is 13.4. The minimum atomic E-state index is -0.937. The van der Waals surface area contributed by atoms with Crippen LogP contribution >= 0.6 is 34.8 Å². The monoisotopic (exact) mass is 333 g/mol. The molecule has 5 heteroatoms. The van der Waals surface area contributed by atoms with E-state index in [4.69, 9.17) is 40.5 Å². The normalized spacial score (nSPS) is 18.6. The molecule has 0 bridgehead atoms. The van der Waals surface area contributed by atoms with Crippen molar-refractivity contribution in [2.75, 3.05) is 0 Å². The van der Waals surface area contributed by atoms with E-state index in [1.807, 2.05) is 30.3 Å². The lowest BCUT2D eigenvalue weighted by molar-refractivity contribution is -0.123. The van der Waals surface area contributed by atoms with Gasteiger partial charge in [-0.1, -0.05) is 30.3 Å². The SMILES string of the molecule is NC(=O)C1(CCC(Cl)(Cl)CC(Cl)c2ccccc2)CC1. The van der Waals surface area contributed by atoms with Gasteiger partial charge in [-0.15, -0.1) is 34.8 Å². The van der Waals surface area contributed by atoms with Gasteiger partial charge in [0.15, 0.2) is 0 Å². The summed E-state index contributed by atoms with van der Waals surface area (Å²) in [6, 6.07) is 9.70. The van der Waals surface area contributed by atoms with Gasteiger partial charge in [-0.3, -0.25) is 4.79 Å². The van der Waals surface area contributed by atoms with Crippen LogP contribution in [0.4, 0.5) is 0 Å². The molecule has 0 radical (unpaired) electrons. The predicted molar refractivity (Wildman–Crippen MR) is 84.2 cm³/mol. The Bertz CT molecular complexity index is 471. The number of amides is 1. The third-order valence-corrected chi connectivity index (χ3v) is 5.08. The van der Waals surface area contributed by atoms with Gasteiger partial charge in [0.05, 0.1) is 5.38 Å². The van der Waals surface area contributed by atoms with Crippen LogP contribution < -0.4 is 5.73 Å². The first-order valence-electron chi connectivity index (χ1n) is 6.71. The molecule has 0 heterocycles. The third-order valence-electron chi connectivity index (χ3n) is 3.98. The topological polar surface area (TPSA) is 43.1 Å². The van der Waals surface area contributed by atoms with Crippen molar-refractivity contribution in [3.8, 4) is 0 Å². The lowest BCUT2D eigenvalue weighted by Gasteiger charge is -2.24. The summed E-state index contributed by atoms with van der Waals surface area (Å²) >= 11 is 19.1. The molecular weight excluding hydrogens is 317 g/mol. The number of carbonyl (C=O) groups is 1. The molecule has 1 saturated carbocycles. The highest BCUT2D eigenvalue weighted by molar-refractivity contribution is 6.48. The van der Waals surface area contributed by atoms with Gasteiger partial charge < -0.3 is 5.73 Å². The van der Waals surface area contributed by atoms with Crippen molar-refractivity contribution >= 4 is 40.7 Å². The summed E-state index contributed by atoms with van der Waals surface area (Å²) in [5, 5.41) is -0.241. The molecule has 1 amide bonds. The summed E-state index contributed by atoms with van der Waals surface area (Å²) in [7, 11) is 0. The van der Waals surface area contributed by atoms with Crippen molar-refractivity contribution in [2.45, 2.75) is 41.8 Å². The van der Waals surface area contributed by atoms with E-state index in [0.29, 0.717) is 19.3 Å². The van der Waals surface area contributed by atoms with Gasteiger partial charge >= 0.3 is 0 Å². The average Bonchev–Trinajstić information content (AvgIpc) is 3.18. The average molecular weight is 335 g/mol. The molecule has 20 heavy (non-hydrogen) atoms. The molecule has 0 aromatic heterocycles. The van der Waals surface area contributed by atoms with Crippen LogP contribution in [0.3, 0.4) is 0 Å². The summed E-state index contributed by atoms with van der Waals surface area (Å²) in [5.41, 5.74) is 6.03. The Kier molecular flexibility index (Phi) is 4.88. The van der Waals surface area contributed by atoms with E-state index >= 15 is 0 Å². The number of benzene rings is 1. The van der Waals surface area contributed by atoms with Crippen molar-refractivity contribution in [3.63, 3.8) is 0 Å². The van der Waals surface area contributed by atoms with E-state index < -0.39 is 4.33 Å². The lowest BCUT2D eigenvalue weighted by atomic mass is 9.96. The van der Waals surface area contributed by atoms with Crippen molar-refractivity contribution in [3.05, 3.63) is 35.9 Å². The van der Waals surface area contributed by atoms with Crippen molar-refractivity contribution in [1.29, 1.82) is 0 Å². The van der Waals surface area contributed by atoms with E-state index in [1.54, 1.807) is 0 Å². The highest BCUT2D eigenvalue weighted by atomic mass is 35.5. The van der Waals surface area contributed by atoms with E-state index in [-0.39, 0.29) is 16.7 Å². The minimum absolute atomic E-state index is 0.241. The standard InChI is InChI=1S/C15H18Cl3NO/c16-12(11-4-2-1-3-5-11)10-15(17,18)9-8-14(6-7-14)13(19)20/h1-5,12H,6-10H2,(H2,19,20). The van der Waals surface area contributed by atoms with Gasteiger partial charge in [0.1, 0.15) is 4.33 Å². The highest BCUT2D eigenvalue weighted by Gasteiger charge is 2.49. The maximum Gasteiger partial charge on any atom is 0.223 e. The molecule has 1 aliphatic carbocycles. The van der Waals surface area contributed by atoms with Crippen molar-refractivity contribution in [2.24, 2.45) is 11.1 Å². The Morgan fingerprint density at radius 3 is 2.40 bits per heavy atom. The van der Waals surface area contributed by atoms with Gasteiger partial charge in [-0.25, -0.2) is 0 Å². The first kappa shape index (κ1) is 15.9. The van der Waals surface area contributed by atoms with Crippen LogP contribution in [-0.2, 0) is 4.79 Å². The van der Waals surface area contributed by atoms with E-state index in [0.717, 1.165) is 18.4 Å². The number of rotatable bonds is 7. The van der Waals surface area contributed by atoms with E-state index in [9.17, 15) is 4.79 Å². The lowest BCUT2D eigenvalue weighted by Crippen LogP contribution is -2.27. The Hall–Kier alpha value is -0.440. The van der Waals surface area contributed by atoms with Crippen molar-refractivity contribution < 1.29 is 4.79 Å². The third kappa shape index (κ3) is 4.03. The first-order valence-corrected chi connectivity index (χ1v) is 7.91. The number of halogens is 3. The van der Waals surface area contributed by atoms with Crippen LogP contribution in [0, 0.1) is 5.41 Å². The zero-order chi connectivity index (χ0) is 14.8. The smallest absolute Gasteiger partial charge is 0.223 e. The maximum atomic E-state index is 11.4. The van der Waals surface area contributed by atoms with Crippen LogP contribution in [0.25, 0.3) is 0 Å². The molecule has 1 aromatic carbocycles. The molecule has 1 fully saturated rings. The molecule has 1 unspecified atom stereocenters. The minimum Gasteiger partial charge on any atom is -0.369 e. The molecule has 1 atom stereocenters. The van der Waals surface area contributed by atoms with Crippen LogP contribution in [0.2, 0.25) is 0 Å². The molecule has 0 aliphatic heterocycles. The zero-order valence-electron chi connectivity index (χ0n) is 11.1. The molecule has 110 valence electrons. The number of nitrogens with two attached hydrogens (primary N) is 1. The Labute approximate surface area is 134 Å². The first-order chi connectivity index (χ1) is 9.35. The number of primary amides is 1. The Morgan fingerprint density at radius 1 is 1.30 bits per heavy atom. The predicted octanol–water partition coefficient (Wildman–Crippen LogP) is 4.58. The fourth-order valence-corrected chi connectivity index (χ4v) is 3.40. The molecule has 1 aromatic rings. The maximum absolute atomic E-state index is 11.4. The number of carbonyl (C=O) groups excluding carboxylic acids is 1. The quantitative estimate of drug-likeness (QED) is 0.729. The molecular formula is C15H18Cl3NO. The summed E-state index contributed by atoms with van der Waals surface area (Å²) in [4.78, 5) is 11.4. The van der Waals surface area contributed by atoms with Gasteiger partial charge in [-0.2, -0.15) is 0 Å². The van der Waals surface area contributed by atoms with Gasteiger partial charge in [0.25, 0.3) is 0 Å². The van der Waals surface area contributed by atoms with E-state index in [2.05, 4.69) is 0 Å². The molecule has 2 rings (SSSR count). The summed E-state index contributed by atoms with van der Waals surface area (Å²) in [6.45, 7) is 0. The second-order valence-corrected chi connectivity index (χ2v) is 7.75. The Balaban J connectivity index is 1.89. The second-order valence-electron chi connectivity index (χ2n) is 5.58. The fourth-order valence-electron chi connectivity index (χ4n) is 2.34. The molecule has 0 spiro atoms. The second kappa shape index (κ2) is 6.13. The van der Waals surface area contributed by atoms with Crippen LogP contribution in [0.15, 0.2) is 30.3 Å². The van der Waals surface area contributed by atoms with Gasteiger partial charge in [-0.05, 0) is 31.2 Å². The van der Waals surface area contributed by atoms with Gasteiger partial charge in [0, 0.05) is 11.8 Å². The largest absolute Gasteiger partial charge is 0.369 e.